The van der Waals surface area contributed by atoms with E-state index in [4.69, 9.17) is 11.6 Å². The molecule has 3 aromatic rings. The number of benzene rings is 2. The maximum absolute atomic E-state index is 12.0. The Morgan fingerprint density at radius 2 is 1.75 bits per heavy atom. The molecule has 5 heteroatoms. The van der Waals surface area contributed by atoms with Crippen molar-refractivity contribution in [3.05, 3.63) is 83.3 Å². The minimum Gasteiger partial charge on any atom is -0.350 e. The predicted molar refractivity (Wildman–Crippen MR) is 94.5 cm³/mol. The van der Waals surface area contributed by atoms with Crippen LogP contribution in [0.3, 0.4) is 0 Å². The lowest BCUT2D eigenvalue weighted by Gasteiger charge is -2.07. The summed E-state index contributed by atoms with van der Waals surface area (Å²) in [4.78, 5) is 20.5. The van der Waals surface area contributed by atoms with Gasteiger partial charge >= 0.3 is 0 Å². The lowest BCUT2D eigenvalue weighted by atomic mass is 10.1. The second kappa shape index (κ2) is 7.70. The largest absolute Gasteiger partial charge is 0.350 e. The van der Waals surface area contributed by atoms with E-state index >= 15 is 0 Å². The number of nitrogens with zero attached hydrogens (tertiary/aromatic N) is 2. The van der Waals surface area contributed by atoms with E-state index in [-0.39, 0.29) is 5.91 Å². The van der Waals surface area contributed by atoms with E-state index < -0.39 is 0 Å². The smallest absolute Gasteiger partial charge is 0.224 e. The standard InChI is InChI=1S/C19H16ClN3O/c20-16-8-6-14(7-9-16)10-19(24)21-12-17-11-18(23-13-22-17)15-4-2-1-3-5-15/h1-9,11,13H,10,12H2,(H,21,24). The molecule has 4 nitrogen and oxygen atoms in total. The Balaban J connectivity index is 1.60. The lowest BCUT2D eigenvalue weighted by molar-refractivity contribution is -0.120. The van der Waals surface area contributed by atoms with Crippen molar-refractivity contribution in [3.8, 4) is 11.3 Å². The van der Waals surface area contributed by atoms with Crippen LogP contribution in [0.2, 0.25) is 5.02 Å². The molecule has 0 saturated heterocycles. The van der Waals surface area contributed by atoms with E-state index in [1.165, 1.54) is 6.33 Å². The van der Waals surface area contributed by atoms with Gasteiger partial charge in [-0.3, -0.25) is 4.79 Å². The van der Waals surface area contributed by atoms with Gasteiger partial charge in [-0.1, -0.05) is 54.1 Å². The Morgan fingerprint density at radius 1 is 1.00 bits per heavy atom. The molecule has 1 N–H and O–H groups in total. The highest BCUT2D eigenvalue weighted by atomic mass is 35.5. The fraction of sp³-hybridized carbons (Fsp3) is 0.105. The molecule has 3 rings (SSSR count). The zero-order valence-electron chi connectivity index (χ0n) is 12.9. The first kappa shape index (κ1) is 16.1. The number of hydrogen-bond acceptors (Lipinski definition) is 3. The molecule has 2 aromatic carbocycles. The number of nitrogens with one attached hydrogen (secondary N) is 1. The molecule has 1 amide bonds. The molecular weight excluding hydrogens is 322 g/mol. The first-order valence-electron chi connectivity index (χ1n) is 7.58. The van der Waals surface area contributed by atoms with Gasteiger partial charge in [-0.05, 0) is 23.8 Å². The first-order chi connectivity index (χ1) is 11.7. The van der Waals surface area contributed by atoms with Crippen LogP contribution in [-0.2, 0) is 17.8 Å². The highest BCUT2D eigenvalue weighted by Crippen LogP contribution is 2.16. The first-order valence-corrected chi connectivity index (χ1v) is 7.96. The second-order valence-electron chi connectivity index (χ2n) is 5.34. The zero-order chi connectivity index (χ0) is 16.8. The molecule has 0 aliphatic carbocycles. The van der Waals surface area contributed by atoms with E-state index in [0.717, 1.165) is 22.5 Å². The number of rotatable bonds is 5. The number of hydrogen-bond donors (Lipinski definition) is 1. The average Bonchev–Trinajstić information content (AvgIpc) is 2.63. The van der Waals surface area contributed by atoms with Gasteiger partial charge in [-0.15, -0.1) is 0 Å². The van der Waals surface area contributed by atoms with Crippen molar-refractivity contribution in [2.45, 2.75) is 13.0 Å². The topological polar surface area (TPSA) is 54.9 Å². The van der Waals surface area contributed by atoms with Crippen LogP contribution >= 0.6 is 11.6 Å². The second-order valence-corrected chi connectivity index (χ2v) is 5.78. The van der Waals surface area contributed by atoms with Crippen LogP contribution in [0, 0.1) is 0 Å². The van der Waals surface area contributed by atoms with Crippen molar-refractivity contribution in [1.29, 1.82) is 0 Å². The SMILES string of the molecule is O=C(Cc1ccc(Cl)cc1)NCc1cc(-c2ccccc2)ncn1. The van der Waals surface area contributed by atoms with Crippen LogP contribution < -0.4 is 5.32 Å². The quantitative estimate of drug-likeness (QED) is 0.773. The fourth-order valence-corrected chi connectivity index (χ4v) is 2.43. The third-order valence-electron chi connectivity index (χ3n) is 3.54. The third-order valence-corrected chi connectivity index (χ3v) is 3.79. The van der Waals surface area contributed by atoms with Crippen molar-refractivity contribution in [3.63, 3.8) is 0 Å². The van der Waals surface area contributed by atoms with E-state index in [1.807, 2.05) is 48.5 Å². The third kappa shape index (κ3) is 4.40. The molecule has 0 unspecified atom stereocenters. The molecule has 0 aliphatic heterocycles. The Morgan fingerprint density at radius 3 is 2.50 bits per heavy atom. The number of carbonyl (C=O) groups excluding carboxylic acids is 1. The van der Waals surface area contributed by atoms with Gasteiger partial charge in [0.25, 0.3) is 0 Å². The monoisotopic (exact) mass is 337 g/mol. The summed E-state index contributed by atoms with van der Waals surface area (Å²) < 4.78 is 0. The highest BCUT2D eigenvalue weighted by Gasteiger charge is 2.06. The van der Waals surface area contributed by atoms with Gasteiger partial charge in [0.15, 0.2) is 0 Å². The Labute approximate surface area is 145 Å². The van der Waals surface area contributed by atoms with Crippen LogP contribution in [0.15, 0.2) is 67.0 Å². The zero-order valence-corrected chi connectivity index (χ0v) is 13.7. The number of carbonyl (C=O) groups is 1. The number of amides is 1. The Kier molecular flexibility index (Phi) is 5.18. The van der Waals surface area contributed by atoms with E-state index in [2.05, 4.69) is 15.3 Å². The molecule has 0 spiro atoms. The summed E-state index contributed by atoms with van der Waals surface area (Å²) >= 11 is 5.84. The minimum atomic E-state index is -0.0582. The number of aromatic nitrogens is 2. The molecule has 24 heavy (non-hydrogen) atoms. The van der Waals surface area contributed by atoms with Crippen molar-refractivity contribution in [2.75, 3.05) is 0 Å². The van der Waals surface area contributed by atoms with Gasteiger partial charge in [0.1, 0.15) is 6.33 Å². The van der Waals surface area contributed by atoms with Crippen LogP contribution in [0.4, 0.5) is 0 Å². The van der Waals surface area contributed by atoms with E-state index in [1.54, 1.807) is 12.1 Å². The average molecular weight is 338 g/mol. The molecule has 0 saturated carbocycles. The van der Waals surface area contributed by atoms with Gasteiger partial charge < -0.3 is 5.32 Å². The van der Waals surface area contributed by atoms with Crippen LogP contribution in [0.25, 0.3) is 11.3 Å². The van der Waals surface area contributed by atoms with Crippen LogP contribution in [0.1, 0.15) is 11.3 Å². The summed E-state index contributed by atoms with van der Waals surface area (Å²) in [6.07, 6.45) is 1.83. The van der Waals surface area contributed by atoms with Gasteiger partial charge in [-0.2, -0.15) is 0 Å². The summed E-state index contributed by atoms with van der Waals surface area (Å²) in [6, 6.07) is 19.0. The Hall–Kier alpha value is -2.72. The summed E-state index contributed by atoms with van der Waals surface area (Å²) in [5, 5.41) is 3.54. The molecular formula is C19H16ClN3O. The van der Waals surface area contributed by atoms with Crippen molar-refractivity contribution in [1.82, 2.24) is 15.3 Å². The predicted octanol–water partition coefficient (Wildman–Crippen LogP) is 3.66. The van der Waals surface area contributed by atoms with E-state index in [9.17, 15) is 4.79 Å². The maximum Gasteiger partial charge on any atom is 0.224 e. The summed E-state index contributed by atoms with van der Waals surface area (Å²) in [5.41, 5.74) is 3.55. The van der Waals surface area contributed by atoms with Crippen molar-refractivity contribution < 1.29 is 4.79 Å². The molecule has 0 bridgehead atoms. The van der Waals surface area contributed by atoms with Crippen LogP contribution in [-0.4, -0.2) is 15.9 Å². The Bertz CT molecular complexity index is 820. The minimum absolute atomic E-state index is 0.0582. The molecule has 0 atom stereocenters. The maximum atomic E-state index is 12.0. The van der Waals surface area contributed by atoms with Crippen molar-refractivity contribution in [2.24, 2.45) is 0 Å². The summed E-state index contributed by atoms with van der Waals surface area (Å²) in [7, 11) is 0. The van der Waals surface area contributed by atoms with Crippen molar-refractivity contribution >= 4 is 17.5 Å². The number of halogens is 1. The summed E-state index contributed by atoms with van der Waals surface area (Å²) in [6.45, 7) is 0.370. The molecule has 1 heterocycles. The van der Waals surface area contributed by atoms with Crippen LogP contribution in [0.5, 0.6) is 0 Å². The normalized spacial score (nSPS) is 10.4. The molecule has 0 radical (unpaired) electrons. The lowest BCUT2D eigenvalue weighted by Crippen LogP contribution is -2.25. The molecule has 120 valence electrons. The van der Waals surface area contributed by atoms with Gasteiger partial charge in [0.05, 0.1) is 24.4 Å². The fourth-order valence-electron chi connectivity index (χ4n) is 2.30. The molecule has 0 aliphatic rings. The van der Waals surface area contributed by atoms with Gasteiger partial charge in [-0.25, -0.2) is 9.97 Å². The molecule has 1 aromatic heterocycles. The van der Waals surface area contributed by atoms with Gasteiger partial charge in [0.2, 0.25) is 5.91 Å². The summed E-state index contributed by atoms with van der Waals surface area (Å²) in [5.74, 6) is -0.0582. The highest BCUT2D eigenvalue weighted by molar-refractivity contribution is 6.30. The van der Waals surface area contributed by atoms with Gasteiger partial charge in [0, 0.05) is 10.6 Å². The van der Waals surface area contributed by atoms with E-state index in [0.29, 0.717) is 18.0 Å². The molecule has 0 fully saturated rings.